The Morgan fingerprint density at radius 2 is 2.00 bits per heavy atom. The van der Waals surface area contributed by atoms with Crippen LogP contribution < -0.4 is 5.32 Å². The smallest absolute Gasteiger partial charge is 0.349 e. The molecule has 0 saturated heterocycles. The molecule has 1 atom stereocenters. The Hall–Kier alpha value is -1.56. The van der Waals surface area contributed by atoms with Crippen LogP contribution in [-0.4, -0.2) is 18.0 Å². The lowest BCUT2D eigenvalue weighted by molar-refractivity contribution is -0.123. The summed E-state index contributed by atoms with van der Waals surface area (Å²) in [6.07, 6.45) is -0.955. The van der Waals surface area contributed by atoms with Crippen LogP contribution in [0.15, 0.2) is 29.6 Å². The first-order valence-electron chi connectivity index (χ1n) is 6.40. The van der Waals surface area contributed by atoms with Crippen LogP contribution in [0.5, 0.6) is 0 Å². The van der Waals surface area contributed by atoms with Gasteiger partial charge in [0.2, 0.25) is 0 Å². The molecule has 0 fully saturated rings. The van der Waals surface area contributed by atoms with E-state index in [9.17, 15) is 9.59 Å². The van der Waals surface area contributed by atoms with Crippen LogP contribution in [0.2, 0.25) is 10.0 Å². The molecule has 0 saturated carbocycles. The normalized spacial score (nSPS) is 11.8. The molecule has 1 N–H and O–H groups in total. The van der Waals surface area contributed by atoms with Gasteiger partial charge in [0.25, 0.3) is 5.91 Å². The van der Waals surface area contributed by atoms with E-state index in [1.807, 2.05) is 13.0 Å². The molecule has 22 heavy (non-hydrogen) atoms. The summed E-state index contributed by atoms with van der Waals surface area (Å²) in [5.74, 6) is -1.00. The van der Waals surface area contributed by atoms with Gasteiger partial charge in [-0.3, -0.25) is 4.79 Å². The van der Waals surface area contributed by atoms with E-state index < -0.39 is 18.0 Å². The van der Waals surface area contributed by atoms with E-state index in [0.29, 0.717) is 15.6 Å². The summed E-state index contributed by atoms with van der Waals surface area (Å²) < 4.78 is 5.16. The molecule has 2 aromatic rings. The van der Waals surface area contributed by atoms with Gasteiger partial charge in [0.05, 0.1) is 15.7 Å². The average Bonchev–Trinajstić information content (AvgIpc) is 2.90. The second-order valence-electron chi connectivity index (χ2n) is 4.57. The zero-order chi connectivity index (χ0) is 16.3. The fourth-order valence-corrected chi connectivity index (χ4v) is 2.84. The fourth-order valence-electron chi connectivity index (χ4n) is 1.68. The van der Waals surface area contributed by atoms with E-state index in [-0.39, 0.29) is 5.02 Å². The average molecular weight is 358 g/mol. The lowest BCUT2D eigenvalue weighted by Crippen LogP contribution is -2.30. The Balaban J connectivity index is 2.02. The number of ether oxygens (including phenoxy) is 1. The fraction of sp³-hybridized carbons (Fsp3) is 0.200. The van der Waals surface area contributed by atoms with Gasteiger partial charge < -0.3 is 10.1 Å². The van der Waals surface area contributed by atoms with Gasteiger partial charge in [-0.1, -0.05) is 29.3 Å². The number of esters is 1. The summed E-state index contributed by atoms with van der Waals surface area (Å²) >= 11 is 13.2. The van der Waals surface area contributed by atoms with Crippen LogP contribution in [0.1, 0.15) is 22.2 Å². The van der Waals surface area contributed by atoms with Crippen molar-refractivity contribution >= 4 is 52.1 Å². The van der Waals surface area contributed by atoms with Gasteiger partial charge in [-0.25, -0.2) is 4.79 Å². The van der Waals surface area contributed by atoms with E-state index in [0.717, 1.165) is 5.56 Å². The second-order valence-corrected chi connectivity index (χ2v) is 6.27. The van der Waals surface area contributed by atoms with Crippen molar-refractivity contribution in [2.75, 3.05) is 5.32 Å². The number of anilines is 1. The van der Waals surface area contributed by atoms with E-state index in [4.69, 9.17) is 27.9 Å². The number of halogens is 2. The maximum atomic E-state index is 12.1. The number of nitrogens with one attached hydrogen (secondary N) is 1. The van der Waals surface area contributed by atoms with Crippen molar-refractivity contribution in [2.45, 2.75) is 20.0 Å². The van der Waals surface area contributed by atoms with Gasteiger partial charge >= 0.3 is 5.97 Å². The van der Waals surface area contributed by atoms with Gasteiger partial charge in [-0.05, 0) is 43.0 Å². The maximum absolute atomic E-state index is 12.1. The molecule has 0 radical (unpaired) electrons. The van der Waals surface area contributed by atoms with Gasteiger partial charge in [-0.2, -0.15) is 0 Å². The Morgan fingerprint density at radius 1 is 1.27 bits per heavy atom. The van der Waals surface area contributed by atoms with Crippen molar-refractivity contribution in [1.82, 2.24) is 0 Å². The standard InChI is InChI=1S/C15H13Cl2NO3S/c1-8-6-7-22-13(8)15(20)21-9(2)14(19)18-11-5-3-4-10(16)12(11)17/h3-7,9H,1-2H3,(H,18,19). The summed E-state index contributed by atoms with van der Waals surface area (Å²) in [7, 11) is 0. The van der Waals surface area contributed by atoms with Gasteiger partial charge in [0, 0.05) is 0 Å². The highest BCUT2D eigenvalue weighted by molar-refractivity contribution is 7.12. The third kappa shape index (κ3) is 3.80. The van der Waals surface area contributed by atoms with Crippen LogP contribution in [0.25, 0.3) is 0 Å². The number of benzene rings is 1. The molecule has 0 aliphatic carbocycles. The van der Waals surface area contributed by atoms with Gasteiger partial charge in [0.1, 0.15) is 4.88 Å². The minimum absolute atomic E-state index is 0.241. The molecule has 2 rings (SSSR count). The molecule has 0 aliphatic rings. The number of aryl methyl sites for hydroxylation is 1. The van der Waals surface area contributed by atoms with Crippen molar-refractivity contribution in [3.63, 3.8) is 0 Å². The summed E-state index contributed by atoms with van der Waals surface area (Å²) in [4.78, 5) is 24.5. The van der Waals surface area contributed by atoms with Crippen LogP contribution >= 0.6 is 34.5 Å². The van der Waals surface area contributed by atoms with Crippen molar-refractivity contribution in [3.8, 4) is 0 Å². The topological polar surface area (TPSA) is 55.4 Å². The highest BCUT2D eigenvalue weighted by Crippen LogP contribution is 2.29. The van der Waals surface area contributed by atoms with E-state index in [2.05, 4.69) is 5.32 Å². The molecule has 0 bridgehead atoms. The van der Waals surface area contributed by atoms with Crippen molar-refractivity contribution in [2.24, 2.45) is 0 Å². The lowest BCUT2D eigenvalue weighted by atomic mass is 10.3. The summed E-state index contributed by atoms with van der Waals surface area (Å²) in [6.45, 7) is 3.30. The molecule has 1 aromatic heterocycles. The molecule has 1 unspecified atom stereocenters. The molecule has 0 aliphatic heterocycles. The van der Waals surface area contributed by atoms with Crippen LogP contribution in [-0.2, 0) is 9.53 Å². The maximum Gasteiger partial charge on any atom is 0.349 e. The van der Waals surface area contributed by atoms with E-state index >= 15 is 0 Å². The van der Waals surface area contributed by atoms with Crippen molar-refractivity contribution < 1.29 is 14.3 Å². The Morgan fingerprint density at radius 3 is 2.64 bits per heavy atom. The number of amides is 1. The van der Waals surface area contributed by atoms with Crippen LogP contribution in [0.4, 0.5) is 5.69 Å². The lowest BCUT2D eigenvalue weighted by Gasteiger charge is -2.14. The first kappa shape index (κ1) is 16.8. The monoisotopic (exact) mass is 357 g/mol. The first-order valence-corrected chi connectivity index (χ1v) is 8.03. The number of hydrogen-bond acceptors (Lipinski definition) is 4. The molecule has 4 nitrogen and oxygen atoms in total. The Labute approximate surface area is 142 Å². The quantitative estimate of drug-likeness (QED) is 0.816. The minimum atomic E-state index is -0.955. The highest BCUT2D eigenvalue weighted by Gasteiger charge is 2.21. The molecule has 7 heteroatoms. The number of rotatable bonds is 4. The Bertz CT molecular complexity index is 715. The zero-order valence-corrected chi connectivity index (χ0v) is 14.2. The molecular weight excluding hydrogens is 345 g/mol. The number of carbonyl (C=O) groups excluding carboxylic acids is 2. The highest BCUT2D eigenvalue weighted by atomic mass is 35.5. The molecule has 116 valence electrons. The van der Waals surface area contributed by atoms with Crippen LogP contribution in [0, 0.1) is 6.92 Å². The minimum Gasteiger partial charge on any atom is -0.448 e. The number of thiophene rings is 1. The second kappa shape index (κ2) is 7.13. The summed E-state index contributed by atoms with van der Waals surface area (Å²) in [5, 5.41) is 4.95. The number of carbonyl (C=O) groups is 2. The van der Waals surface area contributed by atoms with Gasteiger partial charge in [0.15, 0.2) is 6.10 Å². The predicted molar refractivity (Wildman–Crippen MR) is 89.0 cm³/mol. The van der Waals surface area contributed by atoms with Gasteiger partial charge in [-0.15, -0.1) is 11.3 Å². The first-order chi connectivity index (χ1) is 10.4. The SMILES string of the molecule is Cc1ccsc1C(=O)OC(C)C(=O)Nc1cccc(Cl)c1Cl. The molecular formula is C15H13Cl2NO3S. The van der Waals surface area contributed by atoms with E-state index in [1.165, 1.54) is 18.3 Å². The zero-order valence-electron chi connectivity index (χ0n) is 11.9. The molecule has 1 heterocycles. The summed E-state index contributed by atoms with van der Waals surface area (Å²) in [5.41, 5.74) is 1.19. The largest absolute Gasteiger partial charge is 0.448 e. The molecule has 0 spiro atoms. The third-order valence-electron chi connectivity index (χ3n) is 2.91. The Kier molecular flexibility index (Phi) is 5.45. The third-order valence-corrected chi connectivity index (χ3v) is 4.73. The molecule has 1 amide bonds. The van der Waals surface area contributed by atoms with Crippen LogP contribution in [0.3, 0.4) is 0 Å². The van der Waals surface area contributed by atoms with Crippen molar-refractivity contribution in [3.05, 3.63) is 50.1 Å². The number of hydrogen-bond donors (Lipinski definition) is 1. The van der Waals surface area contributed by atoms with E-state index in [1.54, 1.807) is 23.6 Å². The molecule has 1 aromatic carbocycles. The van der Waals surface area contributed by atoms with Crippen molar-refractivity contribution in [1.29, 1.82) is 0 Å². The predicted octanol–water partition coefficient (Wildman–Crippen LogP) is 4.55. The summed E-state index contributed by atoms with van der Waals surface area (Å²) in [6, 6.07) is 6.71.